The average Bonchev–Trinajstić information content (AvgIpc) is 3.11. The number of halogens is 1. The van der Waals surface area contributed by atoms with Crippen LogP contribution in [0, 0.1) is 6.92 Å². The molecule has 3 rings (SSSR count). The molecule has 1 amide bonds. The van der Waals surface area contributed by atoms with Crippen LogP contribution in [0.5, 0.6) is 5.75 Å². The number of nitrogens with one attached hydrogen (secondary N) is 1. The highest BCUT2D eigenvalue weighted by Gasteiger charge is 2.14. The molecule has 32 heavy (non-hydrogen) atoms. The minimum Gasteiger partial charge on any atom is -0.485 e. The van der Waals surface area contributed by atoms with E-state index in [2.05, 4.69) is 41.5 Å². The van der Waals surface area contributed by atoms with Crippen molar-refractivity contribution in [3.8, 4) is 5.75 Å². The lowest BCUT2D eigenvalue weighted by atomic mass is 10.0. The molecule has 0 aliphatic carbocycles. The molecule has 170 valence electrons. The Labute approximate surface area is 197 Å². The molecular formula is C23H28ClN5O2S. The largest absolute Gasteiger partial charge is 0.485 e. The first-order valence-electron chi connectivity index (χ1n) is 10.4. The number of carbonyl (C=O) groups excluding carboxylic acids is 1. The molecule has 0 radical (unpaired) electrons. The number of thioether (sulfide) groups is 1. The third kappa shape index (κ3) is 6.64. The molecule has 3 N–H and O–H groups in total. The van der Waals surface area contributed by atoms with Crippen molar-refractivity contribution in [1.29, 1.82) is 0 Å². The van der Waals surface area contributed by atoms with Gasteiger partial charge < -0.3 is 15.9 Å². The van der Waals surface area contributed by atoms with Gasteiger partial charge >= 0.3 is 0 Å². The second-order valence-corrected chi connectivity index (χ2v) is 9.15. The minimum atomic E-state index is -0.0916. The average molecular weight is 474 g/mol. The van der Waals surface area contributed by atoms with Gasteiger partial charge in [0, 0.05) is 11.6 Å². The summed E-state index contributed by atoms with van der Waals surface area (Å²) in [7, 11) is 0. The number of hydrogen-bond acceptors (Lipinski definition) is 6. The van der Waals surface area contributed by atoms with Gasteiger partial charge in [-0.25, -0.2) is 4.68 Å². The highest BCUT2D eigenvalue weighted by molar-refractivity contribution is 7.99. The first-order valence-corrected chi connectivity index (χ1v) is 11.8. The predicted octanol–water partition coefficient (Wildman–Crippen LogP) is 4.11. The zero-order valence-corrected chi connectivity index (χ0v) is 20.0. The van der Waals surface area contributed by atoms with Crippen LogP contribution >= 0.6 is 23.4 Å². The fraction of sp³-hybridized carbons (Fsp3) is 0.348. The summed E-state index contributed by atoms with van der Waals surface area (Å²) in [5.74, 6) is 7.88. The molecule has 3 aromatic rings. The highest BCUT2D eigenvalue weighted by atomic mass is 35.5. The first kappa shape index (κ1) is 23.9. The van der Waals surface area contributed by atoms with E-state index in [-0.39, 0.29) is 18.3 Å². The van der Waals surface area contributed by atoms with Gasteiger partial charge in [-0.2, -0.15) is 0 Å². The van der Waals surface area contributed by atoms with Gasteiger partial charge in [-0.3, -0.25) is 4.79 Å². The number of nitrogen functional groups attached to an aromatic ring is 1. The molecular weight excluding hydrogens is 446 g/mol. The van der Waals surface area contributed by atoms with Crippen LogP contribution in [0.4, 0.5) is 0 Å². The van der Waals surface area contributed by atoms with E-state index in [0.717, 1.165) is 28.9 Å². The maximum absolute atomic E-state index is 12.1. The molecule has 0 aliphatic heterocycles. The molecule has 0 saturated carbocycles. The van der Waals surface area contributed by atoms with E-state index >= 15 is 0 Å². The van der Waals surface area contributed by atoms with Gasteiger partial charge in [0.25, 0.3) is 0 Å². The number of amides is 1. The molecule has 9 heteroatoms. The van der Waals surface area contributed by atoms with Crippen LogP contribution in [-0.2, 0) is 17.8 Å². The quantitative estimate of drug-likeness (QED) is 0.340. The summed E-state index contributed by atoms with van der Waals surface area (Å²) in [6, 6.07) is 13.7. The Morgan fingerprint density at radius 2 is 1.97 bits per heavy atom. The number of benzene rings is 2. The fourth-order valence-corrected chi connectivity index (χ4v) is 3.90. The number of aryl methyl sites for hydroxylation is 1. The SMILES string of the molecule is Cc1ccc(C(C)C)c(OCc2nnc(SCC(=O)NCCc3ccc(Cl)cc3)n2N)c1. The van der Waals surface area contributed by atoms with Crippen molar-refractivity contribution >= 4 is 29.3 Å². The van der Waals surface area contributed by atoms with Crippen molar-refractivity contribution < 1.29 is 9.53 Å². The number of carbonyl (C=O) groups is 1. The van der Waals surface area contributed by atoms with Gasteiger partial charge in [0.2, 0.25) is 11.1 Å². The third-order valence-corrected chi connectivity index (χ3v) is 6.06. The number of aromatic nitrogens is 3. The summed E-state index contributed by atoms with van der Waals surface area (Å²) in [6.07, 6.45) is 0.736. The summed E-state index contributed by atoms with van der Waals surface area (Å²) < 4.78 is 7.36. The van der Waals surface area contributed by atoms with E-state index < -0.39 is 0 Å². The van der Waals surface area contributed by atoms with E-state index in [0.29, 0.717) is 28.5 Å². The van der Waals surface area contributed by atoms with Crippen LogP contribution in [0.2, 0.25) is 5.02 Å². The van der Waals surface area contributed by atoms with Gasteiger partial charge in [0.1, 0.15) is 12.4 Å². The molecule has 0 fully saturated rings. The maximum atomic E-state index is 12.1. The number of ether oxygens (including phenoxy) is 1. The lowest BCUT2D eigenvalue weighted by molar-refractivity contribution is -0.118. The lowest BCUT2D eigenvalue weighted by Gasteiger charge is -2.14. The number of rotatable bonds is 10. The zero-order valence-electron chi connectivity index (χ0n) is 18.5. The number of nitrogens with zero attached hydrogens (tertiary/aromatic N) is 3. The van der Waals surface area contributed by atoms with Crippen LogP contribution in [0.25, 0.3) is 0 Å². The van der Waals surface area contributed by atoms with Crippen molar-refractivity contribution in [3.05, 3.63) is 70.0 Å². The first-order chi connectivity index (χ1) is 15.3. The molecule has 0 bridgehead atoms. The molecule has 0 atom stereocenters. The minimum absolute atomic E-state index is 0.0916. The highest BCUT2D eigenvalue weighted by Crippen LogP contribution is 2.28. The van der Waals surface area contributed by atoms with E-state index in [1.165, 1.54) is 16.4 Å². The molecule has 1 aromatic heterocycles. The fourth-order valence-electron chi connectivity index (χ4n) is 3.07. The Balaban J connectivity index is 1.48. The molecule has 7 nitrogen and oxygen atoms in total. The smallest absolute Gasteiger partial charge is 0.230 e. The van der Waals surface area contributed by atoms with E-state index in [1.54, 1.807) is 0 Å². The van der Waals surface area contributed by atoms with Crippen LogP contribution < -0.4 is 15.9 Å². The maximum Gasteiger partial charge on any atom is 0.230 e. The molecule has 0 aliphatic rings. The van der Waals surface area contributed by atoms with E-state index in [4.69, 9.17) is 22.2 Å². The molecule has 0 unspecified atom stereocenters. The van der Waals surface area contributed by atoms with Crippen molar-refractivity contribution in [2.45, 2.75) is 44.9 Å². The van der Waals surface area contributed by atoms with Gasteiger partial charge in [-0.15, -0.1) is 10.2 Å². The Hall–Kier alpha value is -2.71. The van der Waals surface area contributed by atoms with Crippen LogP contribution in [-0.4, -0.2) is 33.1 Å². The third-order valence-electron chi connectivity index (χ3n) is 4.86. The molecule has 2 aromatic carbocycles. The van der Waals surface area contributed by atoms with Gasteiger partial charge in [0.15, 0.2) is 5.82 Å². The van der Waals surface area contributed by atoms with Gasteiger partial charge in [0.05, 0.1) is 5.75 Å². The predicted molar refractivity (Wildman–Crippen MR) is 129 cm³/mol. The summed E-state index contributed by atoms with van der Waals surface area (Å²) in [5, 5.41) is 12.3. The van der Waals surface area contributed by atoms with Gasteiger partial charge in [-0.05, 0) is 54.2 Å². The topological polar surface area (TPSA) is 95.1 Å². The van der Waals surface area contributed by atoms with Crippen molar-refractivity contribution in [2.24, 2.45) is 0 Å². The van der Waals surface area contributed by atoms with Crippen molar-refractivity contribution in [3.63, 3.8) is 0 Å². The van der Waals surface area contributed by atoms with Crippen molar-refractivity contribution in [2.75, 3.05) is 18.1 Å². The van der Waals surface area contributed by atoms with E-state index in [1.807, 2.05) is 37.3 Å². The van der Waals surface area contributed by atoms with Crippen LogP contribution in [0.1, 0.15) is 42.3 Å². The second-order valence-electron chi connectivity index (χ2n) is 7.77. The number of nitrogens with two attached hydrogens (primary N) is 1. The van der Waals surface area contributed by atoms with Gasteiger partial charge in [-0.1, -0.05) is 61.5 Å². The standard InChI is InChI=1S/C23H28ClN5O2S/c1-15(2)19-9-4-16(3)12-20(19)31-13-21-27-28-23(29(21)25)32-14-22(30)26-11-10-17-5-7-18(24)8-6-17/h4-9,12,15H,10-11,13-14,25H2,1-3H3,(H,26,30). The van der Waals surface area contributed by atoms with Crippen LogP contribution in [0.15, 0.2) is 47.6 Å². The lowest BCUT2D eigenvalue weighted by Crippen LogP contribution is -2.27. The normalized spacial score (nSPS) is 11.0. The zero-order chi connectivity index (χ0) is 23.1. The Kier molecular flexibility index (Phi) is 8.41. The summed E-state index contributed by atoms with van der Waals surface area (Å²) >= 11 is 7.12. The summed E-state index contributed by atoms with van der Waals surface area (Å²) in [5.41, 5.74) is 3.36. The van der Waals surface area contributed by atoms with Crippen LogP contribution in [0.3, 0.4) is 0 Å². The monoisotopic (exact) mass is 473 g/mol. The second kappa shape index (κ2) is 11.2. The summed E-state index contributed by atoms with van der Waals surface area (Å²) in [6.45, 7) is 7.01. The summed E-state index contributed by atoms with van der Waals surface area (Å²) in [4.78, 5) is 12.1. The Morgan fingerprint density at radius 1 is 1.22 bits per heavy atom. The number of hydrogen-bond donors (Lipinski definition) is 2. The molecule has 1 heterocycles. The van der Waals surface area contributed by atoms with E-state index in [9.17, 15) is 4.79 Å². The molecule has 0 spiro atoms. The Morgan fingerprint density at radius 3 is 2.69 bits per heavy atom. The van der Waals surface area contributed by atoms with Crippen molar-refractivity contribution in [1.82, 2.24) is 20.2 Å². The Bertz CT molecular complexity index is 1050. The molecule has 0 saturated heterocycles.